The lowest BCUT2D eigenvalue weighted by Gasteiger charge is -2.06. The Labute approximate surface area is 84.1 Å². The van der Waals surface area contributed by atoms with Crippen molar-refractivity contribution in [2.24, 2.45) is 5.92 Å². The molecule has 2 heterocycles. The summed E-state index contributed by atoms with van der Waals surface area (Å²) in [6.07, 6.45) is 8.73. The highest BCUT2D eigenvalue weighted by Gasteiger charge is 2.31. The Balaban J connectivity index is 1.88. The summed E-state index contributed by atoms with van der Waals surface area (Å²) in [5, 5.41) is 3.52. The van der Waals surface area contributed by atoms with Gasteiger partial charge in [-0.15, -0.1) is 0 Å². The fourth-order valence-electron chi connectivity index (χ4n) is 2.54. The average molecular weight is 186 g/mol. The predicted octanol–water partition coefficient (Wildman–Crippen LogP) is 1.85. The maximum absolute atomic E-state index is 4.16. The molecule has 1 N–H and O–H groups in total. The van der Waals surface area contributed by atoms with Gasteiger partial charge in [-0.05, 0) is 42.5 Å². The molecule has 1 saturated heterocycles. The van der Waals surface area contributed by atoms with Crippen LogP contribution in [0.2, 0.25) is 0 Å². The average Bonchev–Trinajstić information content (AvgIpc) is 2.78. The van der Waals surface area contributed by atoms with E-state index in [2.05, 4.69) is 22.4 Å². The molecular weight excluding hydrogens is 172 g/mol. The molecule has 14 heavy (non-hydrogen) atoms. The van der Waals surface area contributed by atoms with Crippen molar-refractivity contribution in [2.45, 2.75) is 18.9 Å². The van der Waals surface area contributed by atoms with E-state index >= 15 is 0 Å². The molecule has 0 radical (unpaired) electrons. The number of pyridine rings is 1. The van der Waals surface area contributed by atoms with Gasteiger partial charge < -0.3 is 5.32 Å². The van der Waals surface area contributed by atoms with Gasteiger partial charge in [0.1, 0.15) is 0 Å². The third kappa shape index (κ3) is 1.26. The Morgan fingerprint density at radius 3 is 3.21 bits per heavy atom. The van der Waals surface area contributed by atoms with Crippen molar-refractivity contribution in [1.82, 2.24) is 10.3 Å². The molecule has 1 fully saturated rings. The van der Waals surface area contributed by atoms with Crippen molar-refractivity contribution < 1.29 is 0 Å². The largest absolute Gasteiger partial charge is 0.310 e. The fraction of sp³-hybridized carbons (Fsp3) is 0.417. The molecule has 0 aromatic carbocycles. The zero-order valence-electron chi connectivity index (χ0n) is 8.11. The van der Waals surface area contributed by atoms with Crippen molar-refractivity contribution in [3.8, 4) is 0 Å². The Morgan fingerprint density at radius 2 is 2.43 bits per heavy atom. The summed E-state index contributed by atoms with van der Waals surface area (Å²) in [5.41, 5.74) is 2.77. The first-order chi connectivity index (χ1) is 6.93. The molecule has 0 bridgehead atoms. The fourth-order valence-corrected chi connectivity index (χ4v) is 2.54. The van der Waals surface area contributed by atoms with E-state index in [9.17, 15) is 0 Å². The summed E-state index contributed by atoms with van der Waals surface area (Å²) >= 11 is 0. The Hall–Kier alpha value is -1.15. The number of fused-ring (bicyclic) bond motifs is 1. The second kappa shape index (κ2) is 3.21. The van der Waals surface area contributed by atoms with Crippen molar-refractivity contribution in [3.05, 3.63) is 36.2 Å². The SMILES string of the molecule is C1=C(c2cccnc2)C[C@H]2CCN[C@@H]12. The zero-order valence-corrected chi connectivity index (χ0v) is 8.11. The van der Waals surface area contributed by atoms with Gasteiger partial charge in [0.15, 0.2) is 0 Å². The van der Waals surface area contributed by atoms with Crippen molar-refractivity contribution >= 4 is 5.57 Å². The minimum Gasteiger partial charge on any atom is -0.310 e. The normalized spacial score (nSPS) is 30.1. The zero-order chi connectivity index (χ0) is 9.38. The quantitative estimate of drug-likeness (QED) is 0.724. The monoisotopic (exact) mass is 186 g/mol. The summed E-state index contributed by atoms with van der Waals surface area (Å²) in [7, 11) is 0. The molecule has 0 spiro atoms. The molecule has 0 amide bonds. The third-order valence-corrected chi connectivity index (χ3v) is 3.30. The molecule has 1 aromatic rings. The molecule has 0 saturated carbocycles. The van der Waals surface area contributed by atoms with Crippen LogP contribution in [-0.4, -0.2) is 17.6 Å². The van der Waals surface area contributed by atoms with E-state index in [0.717, 1.165) is 5.92 Å². The van der Waals surface area contributed by atoms with Gasteiger partial charge in [0.2, 0.25) is 0 Å². The van der Waals surface area contributed by atoms with Crippen LogP contribution in [0.4, 0.5) is 0 Å². The molecule has 2 aliphatic rings. The summed E-state index contributed by atoms with van der Waals surface area (Å²) in [5.74, 6) is 0.838. The van der Waals surface area contributed by atoms with E-state index < -0.39 is 0 Å². The van der Waals surface area contributed by atoms with E-state index in [1.54, 1.807) is 0 Å². The molecule has 1 aliphatic carbocycles. The molecule has 1 aliphatic heterocycles. The molecule has 72 valence electrons. The number of aromatic nitrogens is 1. The second-order valence-electron chi connectivity index (χ2n) is 4.17. The molecule has 1 aromatic heterocycles. The van der Waals surface area contributed by atoms with Gasteiger partial charge in [0, 0.05) is 18.4 Å². The third-order valence-electron chi connectivity index (χ3n) is 3.30. The van der Waals surface area contributed by atoms with Crippen molar-refractivity contribution in [1.29, 1.82) is 0 Å². The van der Waals surface area contributed by atoms with Crippen LogP contribution in [-0.2, 0) is 0 Å². The van der Waals surface area contributed by atoms with Crippen LogP contribution in [0.1, 0.15) is 18.4 Å². The number of hydrogen-bond acceptors (Lipinski definition) is 2. The lowest BCUT2D eigenvalue weighted by molar-refractivity contribution is 0.553. The predicted molar refractivity (Wildman–Crippen MR) is 56.7 cm³/mol. The summed E-state index contributed by atoms with van der Waals surface area (Å²) in [6, 6.07) is 4.79. The Morgan fingerprint density at radius 1 is 1.43 bits per heavy atom. The van der Waals surface area contributed by atoms with Crippen molar-refractivity contribution in [3.63, 3.8) is 0 Å². The Bertz CT molecular complexity index is 356. The van der Waals surface area contributed by atoms with E-state index in [0.29, 0.717) is 6.04 Å². The van der Waals surface area contributed by atoms with E-state index in [1.807, 2.05) is 18.5 Å². The van der Waals surface area contributed by atoms with E-state index in [4.69, 9.17) is 0 Å². The number of rotatable bonds is 1. The smallest absolute Gasteiger partial charge is 0.0342 e. The highest BCUT2D eigenvalue weighted by atomic mass is 15.0. The molecule has 2 atom stereocenters. The first-order valence-corrected chi connectivity index (χ1v) is 5.28. The van der Waals surface area contributed by atoms with Crippen LogP contribution in [0.15, 0.2) is 30.6 Å². The molecule has 2 nitrogen and oxygen atoms in total. The minimum absolute atomic E-state index is 0.630. The minimum atomic E-state index is 0.630. The lowest BCUT2D eigenvalue weighted by atomic mass is 10.00. The van der Waals surface area contributed by atoms with Gasteiger partial charge in [-0.3, -0.25) is 4.98 Å². The van der Waals surface area contributed by atoms with Gasteiger partial charge in [0.25, 0.3) is 0 Å². The first kappa shape index (κ1) is 8.18. The van der Waals surface area contributed by atoms with Gasteiger partial charge in [-0.1, -0.05) is 12.1 Å². The lowest BCUT2D eigenvalue weighted by Crippen LogP contribution is -2.20. The molecule has 2 heteroatoms. The highest BCUT2D eigenvalue weighted by Crippen LogP contribution is 2.36. The maximum Gasteiger partial charge on any atom is 0.0342 e. The summed E-state index contributed by atoms with van der Waals surface area (Å²) in [4.78, 5) is 4.16. The molecule has 0 unspecified atom stereocenters. The summed E-state index contributed by atoms with van der Waals surface area (Å²) < 4.78 is 0. The van der Waals surface area contributed by atoms with Crippen LogP contribution in [0.25, 0.3) is 5.57 Å². The maximum atomic E-state index is 4.16. The number of nitrogens with one attached hydrogen (secondary N) is 1. The first-order valence-electron chi connectivity index (χ1n) is 5.28. The number of allylic oxidation sites excluding steroid dienone is 1. The van der Waals surface area contributed by atoms with Crippen LogP contribution < -0.4 is 5.32 Å². The van der Waals surface area contributed by atoms with Gasteiger partial charge in [-0.25, -0.2) is 0 Å². The summed E-state index contributed by atoms with van der Waals surface area (Å²) in [6.45, 7) is 1.19. The van der Waals surface area contributed by atoms with Crippen LogP contribution >= 0.6 is 0 Å². The number of nitrogens with zero attached hydrogens (tertiary/aromatic N) is 1. The van der Waals surface area contributed by atoms with Crippen molar-refractivity contribution in [2.75, 3.05) is 6.54 Å². The Kier molecular flexibility index (Phi) is 1.88. The standard InChI is InChI=1S/C12H14N2/c1-2-10(8-13-4-1)11-6-9-3-5-14-12(9)7-11/h1-2,4,7-9,12,14H,3,5-6H2/t9-,12+/m1/s1. The van der Waals surface area contributed by atoms with Crippen LogP contribution in [0, 0.1) is 5.92 Å². The van der Waals surface area contributed by atoms with Gasteiger partial charge in [-0.2, -0.15) is 0 Å². The molecular formula is C12H14N2. The van der Waals surface area contributed by atoms with Gasteiger partial charge in [0.05, 0.1) is 0 Å². The molecule has 3 rings (SSSR count). The second-order valence-corrected chi connectivity index (χ2v) is 4.17. The topological polar surface area (TPSA) is 24.9 Å². The number of hydrogen-bond donors (Lipinski definition) is 1. The van der Waals surface area contributed by atoms with E-state index in [1.165, 1.54) is 30.5 Å². The van der Waals surface area contributed by atoms with Gasteiger partial charge >= 0.3 is 0 Å². The van der Waals surface area contributed by atoms with E-state index in [-0.39, 0.29) is 0 Å². The van der Waals surface area contributed by atoms with Crippen LogP contribution in [0.3, 0.4) is 0 Å². The van der Waals surface area contributed by atoms with Crippen LogP contribution in [0.5, 0.6) is 0 Å². The highest BCUT2D eigenvalue weighted by molar-refractivity contribution is 5.68.